The lowest BCUT2D eigenvalue weighted by Gasteiger charge is -2.46. The predicted octanol–water partition coefficient (Wildman–Crippen LogP) is 9.91. The van der Waals surface area contributed by atoms with Gasteiger partial charge < -0.3 is 0 Å². The summed E-state index contributed by atoms with van der Waals surface area (Å²) in [5.74, 6) is -99.9. The second-order valence-electron chi connectivity index (χ2n) is 7.31. The van der Waals surface area contributed by atoms with Crippen molar-refractivity contribution in [2.24, 2.45) is 0 Å². The van der Waals surface area contributed by atoms with E-state index in [2.05, 4.69) is 34.8 Å². The SMILES string of the molecule is FC(F)(F)C(F)(F)C(F)(F)C(F)(F)C(F)(F)C(F)(F)C(F)(F)C(F)(F)C(F)(F)C(F)(F)C(F)(F)C(F)(F)C(Cl)(Cl)Cl. The summed E-state index contributed by atoms with van der Waals surface area (Å²) in [5, 5.41) is 0. The van der Waals surface area contributed by atoms with Crippen LogP contribution in [-0.4, -0.2) is 75.1 Å². The highest BCUT2D eigenvalue weighted by Crippen LogP contribution is 2.68. The molecule has 0 fully saturated rings. The highest BCUT2D eigenvalue weighted by molar-refractivity contribution is 6.68. The van der Waals surface area contributed by atoms with E-state index in [1.165, 1.54) is 0 Å². The van der Waals surface area contributed by atoms with Crippen molar-refractivity contribution in [1.29, 1.82) is 0 Å². The van der Waals surface area contributed by atoms with E-state index in [4.69, 9.17) is 0 Å². The van der Waals surface area contributed by atoms with Crippen molar-refractivity contribution in [3.63, 3.8) is 0 Å². The maximum Gasteiger partial charge on any atom is 0.460 e. The van der Waals surface area contributed by atoms with Gasteiger partial charge in [-0.3, -0.25) is 0 Å². The summed E-state index contributed by atoms with van der Waals surface area (Å²) in [7, 11) is 0. The second-order valence-corrected chi connectivity index (χ2v) is 9.60. The lowest BCUT2D eigenvalue weighted by molar-refractivity contribution is -0.482. The summed E-state index contributed by atoms with van der Waals surface area (Å²) in [6.07, 6.45) is -8.19. The van der Waals surface area contributed by atoms with E-state index in [1.807, 2.05) is 0 Å². The van der Waals surface area contributed by atoms with Gasteiger partial charge in [0.05, 0.1) is 0 Å². The molecule has 0 aliphatic heterocycles. The van der Waals surface area contributed by atoms with Crippen molar-refractivity contribution < 1.29 is 110 Å². The lowest BCUT2D eigenvalue weighted by Crippen LogP contribution is -2.78. The first-order valence-corrected chi connectivity index (χ1v) is 9.43. The second kappa shape index (κ2) is 9.56. The van der Waals surface area contributed by atoms with E-state index >= 15 is 0 Å². The fourth-order valence-corrected chi connectivity index (χ4v) is 2.49. The van der Waals surface area contributed by atoms with Crippen molar-refractivity contribution >= 4 is 34.8 Å². The van der Waals surface area contributed by atoms with Crippen LogP contribution in [0, 0.1) is 0 Å². The Morgan fingerprint density at radius 2 is 0.317 bits per heavy atom. The predicted molar refractivity (Wildman–Crippen MR) is 80.8 cm³/mol. The summed E-state index contributed by atoms with van der Waals surface area (Å²) in [4.78, 5) is 0. The molecule has 0 spiro atoms. The molecule has 0 bridgehead atoms. The van der Waals surface area contributed by atoms with E-state index in [1.54, 1.807) is 0 Å². The quantitative estimate of drug-likeness (QED) is 0.155. The van der Waals surface area contributed by atoms with Crippen LogP contribution in [0.1, 0.15) is 0 Å². The molecule has 0 nitrogen and oxygen atoms in total. The Morgan fingerprint density at radius 1 is 0.195 bits per heavy atom. The zero-order valence-electron chi connectivity index (χ0n) is 17.1. The first kappa shape index (κ1) is 40.1. The van der Waals surface area contributed by atoms with Crippen LogP contribution < -0.4 is 0 Å². The Labute approximate surface area is 220 Å². The van der Waals surface area contributed by atoms with Gasteiger partial charge in [-0.1, -0.05) is 34.8 Å². The average molecular weight is 737 g/mol. The standard InChI is InChI=1S/C13Cl3F25/c14-12(15,16)10(35,36)8(31,32)6(27,28)4(23,24)2(19,20)1(17,18)3(21,22)5(25,26)7(29,30)9(33,34)11(37,38)13(39,40)41. The van der Waals surface area contributed by atoms with Crippen LogP contribution in [-0.2, 0) is 0 Å². The van der Waals surface area contributed by atoms with Crippen molar-refractivity contribution in [2.45, 2.75) is 75.1 Å². The summed E-state index contributed by atoms with van der Waals surface area (Å²) in [6, 6.07) is 0. The third-order valence-corrected chi connectivity index (χ3v) is 5.37. The number of hydrogen-bond donors (Lipinski definition) is 0. The molecule has 28 heteroatoms. The topological polar surface area (TPSA) is 0 Å². The molecule has 0 radical (unpaired) electrons. The molecule has 0 amide bonds. The number of alkyl halides is 28. The largest absolute Gasteiger partial charge is 0.460 e. The van der Waals surface area contributed by atoms with E-state index in [0.29, 0.717) is 0 Å². The number of halogens is 28. The van der Waals surface area contributed by atoms with Gasteiger partial charge in [0.2, 0.25) is 0 Å². The van der Waals surface area contributed by atoms with E-state index < -0.39 is 75.1 Å². The Kier molecular flexibility index (Phi) is 9.35. The highest BCUT2D eigenvalue weighted by Gasteiger charge is 3.00. The summed E-state index contributed by atoms with van der Waals surface area (Å²) >= 11 is 12.1. The lowest BCUT2D eigenvalue weighted by atomic mass is 9.84. The zero-order chi connectivity index (χ0) is 34.5. The Morgan fingerprint density at radius 3 is 0.439 bits per heavy atom. The Balaban J connectivity index is 7.41. The molecule has 0 aromatic rings. The third kappa shape index (κ3) is 4.70. The van der Waals surface area contributed by atoms with E-state index in [-0.39, 0.29) is 0 Å². The van der Waals surface area contributed by atoms with Crippen LogP contribution in [0.3, 0.4) is 0 Å². The smallest absolute Gasteiger partial charge is 0.195 e. The van der Waals surface area contributed by atoms with Gasteiger partial charge in [-0.05, 0) is 0 Å². The van der Waals surface area contributed by atoms with Crippen LogP contribution in [0.25, 0.3) is 0 Å². The van der Waals surface area contributed by atoms with E-state index in [9.17, 15) is 110 Å². The van der Waals surface area contributed by atoms with Gasteiger partial charge in [-0.25, -0.2) is 0 Å². The molecule has 248 valence electrons. The molecule has 0 aliphatic carbocycles. The molecule has 0 atom stereocenters. The molecular weight excluding hydrogens is 737 g/mol. The van der Waals surface area contributed by atoms with Crippen LogP contribution in [0.4, 0.5) is 110 Å². The molecule has 0 rings (SSSR count). The first-order valence-electron chi connectivity index (χ1n) is 8.29. The number of rotatable bonds is 10. The molecule has 0 N–H and O–H groups in total. The normalized spacial score (nSPS) is 17.3. The van der Waals surface area contributed by atoms with E-state index in [0.717, 1.165) is 0 Å². The maximum atomic E-state index is 13.6. The van der Waals surface area contributed by atoms with Gasteiger partial charge >= 0.3 is 71.3 Å². The van der Waals surface area contributed by atoms with Gasteiger partial charge in [0.25, 0.3) is 3.79 Å². The summed E-state index contributed by atoms with van der Waals surface area (Å²) < 4.78 is 325. The average Bonchev–Trinajstić information content (AvgIpc) is 2.70. The highest BCUT2D eigenvalue weighted by atomic mass is 35.6. The molecule has 0 saturated carbocycles. The molecule has 0 heterocycles. The first-order chi connectivity index (χ1) is 17.0. The Hall–Kier alpha value is -0.880. The zero-order valence-corrected chi connectivity index (χ0v) is 19.4. The molecule has 0 aromatic carbocycles. The summed E-state index contributed by atoms with van der Waals surface area (Å²) in [5.41, 5.74) is 0. The number of hydrogen-bond acceptors (Lipinski definition) is 0. The fourth-order valence-electron chi connectivity index (χ4n) is 2.13. The van der Waals surface area contributed by atoms with Gasteiger partial charge in [-0.2, -0.15) is 110 Å². The molecule has 0 unspecified atom stereocenters. The molecule has 41 heavy (non-hydrogen) atoms. The van der Waals surface area contributed by atoms with Gasteiger partial charge in [0, 0.05) is 0 Å². The van der Waals surface area contributed by atoms with Gasteiger partial charge in [0.1, 0.15) is 0 Å². The molecule has 0 aromatic heterocycles. The Bertz CT molecular complexity index is 892. The van der Waals surface area contributed by atoms with Crippen LogP contribution in [0.5, 0.6) is 0 Å². The van der Waals surface area contributed by atoms with Crippen molar-refractivity contribution in [2.75, 3.05) is 0 Å². The minimum Gasteiger partial charge on any atom is -0.195 e. The van der Waals surface area contributed by atoms with Crippen LogP contribution in [0.2, 0.25) is 0 Å². The van der Waals surface area contributed by atoms with Gasteiger partial charge in [0.15, 0.2) is 0 Å². The van der Waals surface area contributed by atoms with Crippen molar-refractivity contribution in [3.8, 4) is 0 Å². The minimum absolute atomic E-state index is 4.04. The molecule has 0 saturated heterocycles. The molecular formula is C13Cl3F25. The van der Waals surface area contributed by atoms with Crippen LogP contribution in [0.15, 0.2) is 0 Å². The monoisotopic (exact) mass is 736 g/mol. The molecule has 0 aliphatic rings. The van der Waals surface area contributed by atoms with Crippen molar-refractivity contribution in [1.82, 2.24) is 0 Å². The van der Waals surface area contributed by atoms with Crippen LogP contribution >= 0.6 is 34.8 Å². The van der Waals surface area contributed by atoms with Gasteiger partial charge in [-0.15, -0.1) is 0 Å². The minimum atomic E-state index is -9.65. The fraction of sp³-hybridized carbons (Fsp3) is 1.00. The third-order valence-electron chi connectivity index (χ3n) is 4.66. The summed E-state index contributed by atoms with van der Waals surface area (Å²) in [6.45, 7) is 0. The maximum absolute atomic E-state index is 13.6. The van der Waals surface area contributed by atoms with Crippen molar-refractivity contribution in [3.05, 3.63) is 0 Å².